The van der Waals surface area contributed by atoms with Crippen LogP contribution in [0.4, 0.5) is 4.79 Å². The second-order valence-corrected chi connectivity index (χ2v) is 5.14. The Kier molecular flexibility index (Phi) is 2.09. The highest BCUT2D eigenvalue weighted by atomic mass is 32.1. The molecule has 4 amide bonds. The van der Waals surface area contributed by atoms with Crippen molar-refractivity contribution in [1.82, 2.24) is 10.2 Å². The van der Waals surface area contributed by atoms with Crippen LogP contribution in [0.15, 0.2) is 16.8 Å². The first-order chi connectivity index (χ1) is 8.13. The van der Waals surface area contributed by atoms with Gasteiger partial charge in [0.25, 0.3) is 0 Å². The van der Waals surface area contributed by atoms with Crippen molar-refractivity contribution in [2.24, 2.45) is 5.41 Å². The van der Waals surface area contributed by atoms with Crippen molar-refractivity contribution in [2.45, 2.75) is 19.4 Å². The van der Waals surface area contributed by atoms with Crippen LogP contribution in [-0.2, 0) is 16.1 Å². The van der Waals surface area contributed by atoms with Crippen LogP contribution in [0.1, 0.15) is 18.4 Å². The summed E-state index contributed by atoms with van der Waals surface area (Å²) < 4.78 is 0. The van der Waals surface area contributed by atoms with E-state index in [0.29, 0.717) is 12.8 Å². The molecular weight excluding hydrogens is 240 g/mol. The van der Waals surface area contributed by atoms with Crippen LogP contribution in [0.25, 0.3) is 0 Å². The van der Waals surface area contributed by atoms with Crippen molar-refractivity contribution in [1.29, 1.82) is 0 Å². The maximum absolute atomic E-state index is 12.1. The third-order valence-electron chi connectivity index (χ3n) is 3.23. The van der Waals surface area contributed by atoms with Crippen LogP contribution in [0, 0.1) is 5.41 Å². The molecule has 17 heavy (non-hydrogen) atoms. The Morgan fingerprint density at radius 1 is 1.35 bits per heavy atom. The minimum atomic E-state index is -0.941. The zero-order valence-corrected chi connectivity index (χ0v) is 9.75. The van der Waals surface area contributed by atoms with Crippen LogP contribution in [-0.4, -0.2) is 22.7 Å². The Morgan fingerprint density at radius 3 is 2.71 bits per heavy atom. The van der Waals surface area contributed by atoms with Crippen LogP contribution in [0.3, 0.4) is 0 Å². The average molecular weight is 250 g/mol. The maximum atomic E-state index is 12.1. The van der Waals surface area contributed by atoms with E-state index in [9.17, 15) is 14.4 Å². The lowest BCUT2D eigenvalue weighted by molar-refractivity contribution is -0.145. The van der Waals surface area contributed by atoms with Gasteiger partial charge in [0, 0.05) is 0 Å². The highest BCUT2D eigenvalue weighted by Crippen LogP contribution is 2.49. The average Bonchev–Trinajstić information content (AvgIpc) is 2.95. The maximum Gasteiger partial charge on any atom is 0.331 e. The van der Waals surface area contributed by atoms with Crippen molar-refractivity contribution in [3.8, 4) is 0 Å². The van der Waals surface area contributed by atoms with Gasteiger partial charge in [0.15, 0.2) is 0 Å². The van der Waals surface area contributed by atoms with E-state index in [4.69, 9.17) is 0 Å². The molecule has 88 valence electrons. The van der Waals surface area contributed by atoms with Gasteiger partial charge in [-0.3, -0.25) is 19.8 Å². The van der Waals surface area contributed by atoms with Gasteiger partial charge in [-0.05, 0) is 35.2 Å². The largest absolute Gasteiger partial charge is 0.331 e. The summed E-state index contributed by atoms with van der Waals surface area (Å²) in [5, 5.41) is 6.03. The van der Waals surface area contributed by atoms with E-state index in [1.807, 2.05) is 16.8 Å². The van der Waals surface area contributed by atoms with E-state index in [-0.39, 0.29) is 12.5 Å². The van der Waals surface area contributed by atoms with Crippen molar-refractivity contribution >= 4 is 29.2 Å². The van der Waals surface area contributed by atoms with Crippen molar-refractivity contribution in [3.05, 3.63) is 22.4 Å². The quantitative estimate of drug-likeness (QED) is 0.799. The summed E-state index contributed by atoms with van der Waals surface area (Å²) in [6.45, 7) is 0.239. The summed E-state index contributed by atoms with van der Waals surface area (Å²) in [7, 11) is 0. The van der Waals surface area contributed by atoms with Crippen LogP contribution < -0.4 is 5.32 Å². The molecule has 1 aliphatic carbocycles. The number of rotatable bonds is 2. The number of hydrogen-bond donors (Lipinski definition) is 1. The first kappa shape index (κ1) is 10.5. The van der Waals surface area contributed by atoms with E-state index < -0.39 is 17.4 Å². The first-order valence-electron chi connectivity index (χ1n) is 5.32. The molecule has 0 bridgehead atoms. The van der Waals surface area contributed by atoms with Crippen molar-refractivity contribution < 1.29 is 14.4 Å². The highest BCUT2D eigenvalue weighted by Gasteiger charge is 2.62. The summed E-state index contributed by atoms with van der Waals surface area (Å²) in [5.41, 5.74) is -0.0344. The van der Waals surface area contributed by atoms with E-state index in [1.165, 1.54) is 11.3 Å². The molecule has 0 aromatic carbocycles. The summed E-state index contributed by atoms with van der Waals surface area (Å²) in [6.07, 6.45) is 1.09. The fraction of sp³-hybridized carbons (Fsp3) is 0.364. The van der Waals surface area contributed by atoms with Crippen LogP contribution in [0.2, 0.25) is 0 Å². The van der Waals surface area contributed by atoms with Crippen LogP contribution in [0.5, 0.6) is 0 Å². The Bertz CT molecular complexity index is 505. The number of nitrogens with zero attached hydrogens (tertiary/aromatic N) is 1. The van der Waals surface area contributed by atoms with E-state index in [0.717, 1.165) is 10.5 Å². The topological polar surface area (TPSA) is 66.5 Å². The number of barbiturate groups is 1. The zero-order valence-electron chi connectivity index (χ0n) is 8.93. The normalized spacial score (nSPS) is 21.9. The monoisotopic (exact) mass is 250 g/mol. The third kappa shape index (κ3) is 1.48. The molecule has 1 spiro atoms. The number of thiophene rings is 1. The SMILES string of the molecule is O=C1NC(=O)C2(CC2)C(=O)N1Cc1ccsc1. The first-order valence-corrected chi connectivity index (χ1v) is 6.26. The van der Waals surface area contributed by atoms with E-state index in [1.54, 1.807) is 0 Å². The van der Waals surface area contributed by atoms with E-state index >= 15 is 0 Å². The lowest BCUT2D eigenvalue weighted by Gasteiger charge is -2.29. The van der Waals surface area contributed by atoms with Gasteiger partial charge in [-0.2, -0.15) is 11.3 Å². The van der Waals surface area contributed by atoms with E-state index in [2.05, 4.69) is 5.32 Å². The lowest BCUT2D eigenvalue weighted by Crippen LogP contribution is -2.58. The van der Waals surface area contributed by atoms with Gasteiger partial charge < -0.3 is 0 Å². The summed E-state index contributed by atoms with van der Waals surface area (Å²) >= 11 is 1.51. The van der Waals surface area contributed by atoms with Gasteiger partial charge in [-0.1, -0.05) is 0 Å². The number of nitrogens with one attached hydrogen (secondary N) is 1. The smallest absolute Gasteiger partial charge is 0.277 e. The summed E-state index contributed by atoms with van der Waals surface area (Å²) in [6, 6.07) is 1.25. The molecule has 2 fully saturated rings. The van der Waals surface area contributed by atoms with Crippen molar-refractivity contribution in [3.63, 3.8) is 0 Å². The number of carbonyl (C=O) groups excluding carboxylic acids is 3. The molecule has 3 rings (SSSR count). The Morgan fingerprint density at radius 2 is 2.12 bits per heavy atom. The van der Waals surface area contributed by atoms with Gasteiger partial charge in [0.1, 0.15) is 5.41 Å². The van der Waals surface area contributed by atoms with Gasteiger partial charge in [0.2, 0.25) is 11.8 Å². The predicted octanol–water partition coefficient (Wildman–Crippen LogP) is 1.11. The minimum Gasteiger partial charge on any atom is -0.277 e. The number of hydrogen-bond acceptors (Lipinski definition) is 4. The fourth-order valence-corrected chi connectivity index (χ4v) is 2.67. The molecule has 5 nitrogen and oxygen atoms in total. The van der Waals surface area contributed by atoms with Gasteiger partial charge in [-0.25, -0.2) is 4.79 Å². The Hall–Kier alpha value is -1.69. The Labute approximate surface area is 101 Å². The molecule has 0 atom stereocenters. The van der Waals surface area contributed by atoms with Crippen LogP contribution >= 0.6 is 11.3 Å². The molecule has 0 unspecified atom stereocenters. The minimum absolute atomic E-state index is 0.239. The number of imide groups is 2. The van der Waals surface area contributed by atoms with Crippen molar-refractivity contribution in [2.75, 3.05) is 0 Å². The summed E-state index contributed by atoms with van der Waals surface area (Å²) in [4.78, 5) is 36.4. The van der Waals surface area contributed by atoms with Gasteiger partial charge in [0.05, 0.1) is 6.54 Å². The second kappa shape index (κ2) is 3.40. The number of urea groups is 1. The fourth-order valence-electron chi connectivity index (χ4n) is 2.01. The lowest BCUT2D eigenvalue weighted by atomic mass is 10.0. The van der Waals surface area contributed by atoms with Gasteiger partial charge >= 0.3 is 6.03 Å². The molecule has 6 heteroatoms. The molecule has 1 aliphatic heterocycles. The Balaban J connectivity index is 1.86. The molecule has 2 heterocycles. The summed E-state index contributed by atoms with van der Waals surface area (Å²) in [5.74, 6) is -0.786. The number of carbonyl (C=O) groups is 3. The number of amides is 4. The molecule has 1 saturated heterocycles. The molecule has 2 aliphatic rings. The standard InChI is InChI=1S/C11H10N2O3S/c14-8-11(2-3-11)9(15)13(10(16)12-8)5-7-1-4-17-6-7/h1,4,6H,2-3,5H2,(H,12,14,16). The molecule has 0 radical (unpaired) electrons. The zero-order chi connectivity index (χ0) is 12.0. The predicted molar refractivity (Wildman–Crippen MR) is 60.1 cm³/mol. The molecule has 1 saturated carbocycles. The van der Waals surface area contributed by atoms with Gasteiger partial charge in [-0.15, -0.1) is 0 Å². The molecular formula is C11H10N2O3S. The molecule has 1 aromatic rings. The second-order valence-electron chi connectivity index (χ2n) is 4.36. The highest BCUT2D eigenvalue weighted by molar-refractivity contribution is 7.07. The third-order valence-corrected chi connectivity index (χ3v) is 3.96. The molecule has 1 aromatic heterocycles. The molecule has 1 N–H and O–H groups in total.